The maximum absolute atomic E-state index is 12.5. The molecule has 2 atom stereocenters. The van der Waals surface area contributed by atoms with E-state index >= 15 is 0 Å². The largest absolute Gasteiger partial charge is 0.391 e. The Morgan fingerprint density at radius 1 is 1.00 bits per heavy atom. The molecule has 2 aromatic carbocycles. The molecule has 0 spiro atoms. The highest BCUT2D eigenvalue weighted by molar-refractivity contribution is 6.09. The highest BCUT2D eigenvalue weighted by atomic mass is 35.5. The Bertz CT molecular complexity index is 1010. The van der Waals surface area contributed by atoms with Crippen LogP contribution in [0.2, 0.25) is 0 Å². The fourth-order valence-corrected chi connectivity index (χ4v) is 3.29. The van der Waals surface area contributed by atoms with Crippen molar-refractivity contribution in [2.75, 3.05) is 0 Å². The van der Waals surface area contributed by atoms with E-state index in [0.717, 1.165) is 23.1 Å². The first kappa shape index (κ1) is 20.4. The van der Waals surface area contributed by atoms with Gasteiger partial charge in [-0.3, -0.25) is 9.78 Å². The van der Waals surface area contributed by atoms with Crippen molar-refractivity contribution in [2.45, 2.75) is 18.4 Å². The van der Waals surface area contributed by atoms with Crippen molar-refractivity contribution in [1.29, 1.82) is 0 Å². The first-order valence-electron chi connectivity index (χ1n) is 9.04. The average Bonchev–Trinajstić information content (AvgIpc) is 3.25. The lowest BCUT2D eigenvalue weighted by Gasteiger charge is -2.16. The maximum Gasteiger partial charge on any atom is 0.193 e. The highest BCUT2D eigenvalue weighted by Gasteiger charge is 2.31. The van der Waals surface area contributed by atoms with Crippen molar-refractivity contribution in [3.8, 4) is 0 Å². The second kappa shape index (κ2) is 9.26. The van der Waals surface area contributed by atoms with E-state index in [-0.39, 0.29) is 24.3 Å². The summed E-state index contributed by atoms with van der Waals surface area (Å²) in [6, 6.07) is 20.0. The molecule has 2 unspecified atom stereocenters. The molecule has 0 fully saturated rings. The summed E-state index contributed by atoms with van der Waals surface area (Å²) in [6.07, 6.45) is 4.46. The summed E-state index contributed by atoms with van der Waals surface area (Å²) in [7, 11) is 0. The number of oxime groups is 1. The molecule has 5 nitrogen and oxygen atoms in total. The predicted molar refractivity (Wildman–Crippen MR) is 113 cm³/mol. The second-order valence-electron chi connectivity index (χ2n) is 6.61. The van der Waals surface area contributed by atoms with Crippen LogP contribution in [0.4, 0.5) is 0 Å². The van der Waals surface area contributed by atoms with Crippen LogP contribution < -0.4 is 0 Å². The number of hydrogen-bond donors (Lipinski definition) is 0. The number of rotatable bonds is 6. The predicted octanol–water partition coefficient (Wildman–Crippen LogP) is 4.21. The van der Waals surface area contributed by atoms with E-state index in [1.165, 1.54) is 0 Å². The number of hydrogen-bond acceptors (Lipinski definition) is 5. The molecular formula is C23H19ClN2O3. The Morgan fingerprint density at radius 3 is 2.38 bits per heavy atom. The van der Waals surface area contributed by atoms with Crippen LogP contribution in [0.15, 0.2) is 84.3 Å². The van der Waals surface area contributed by atoms with Gasteiger partial charge in [-0.05, 0) is 17.7 Å². The molecule has 3 aromatic rings. The van der Waals surface area contributed by atoms with Crippen molar-refractivity contribution in [1.82, 2.24) is 4.98 Å². The van der Waals surface area contributed by atoms with E-state index in [0.29, 0.717) is 17.5 Å². The van der Waals surface area contributed by atoms with Gasteiger partial charge in [0.2, 0.25) is 0 Å². The lowest BCUT2D eigenvalue weighted by Crippen LogP contribution is -2.20. The molecule has 146 valence electrons. The summed E-state index contributed by atoms with van der Waals surface area (Å²) in [5.74, 6) is -0.507. The smallest absolute Gasteiger partial charge is 0.193 e. The Hall–Kier alpha value is -3.31. The zero-order valence-electron chi connectivity index (χ0n) is 15.5. The van der Waals surface area contributed by atoms with Gasteiger partial charge in [-0.2, -0.15) is 0 Å². The number of benzene rings is 2. The molecule has 0 bridgehead atoms. The van der Waals surface area contributed by atoms with Crippen LogP contribution in [-0.2, 0) is 9.63 Å². The normalized spacial score (nSPS) is 16.1. The van der Waals surface area contributed by atoms with Crippen molar-refractivity contribution in [3.05, 3.63) is 101 Å². The minimum absolute atomic E-state index is 0. The summed E-state index contributed by atoms with van der Waals surface area (Å²) >= 11 is 0. The monoisotopic (exact) mass is 406 g/mol. The molecule has 6 heteroatoms. The van der Waals surface area contributed by atoms with E-state index in [1.807, 2.05) is 30.3 Å². The Balaban J connectivity index is 0.00000240. The topological polar surface area (TPSA) is 68.6 Å². The first-order chi connectivity index (χ1) is 13.8. The molecule has 0 radical (unpaired) electrons. The van der Waals surface area contributed by atoms with Gasteiger partial charge in [-0.25, -0.2) is 0 Å². The zero-order chi connectivity index (χ0) is 19.3. The number of halogens is 1. The van der Waals surface area contributed by atoms with E-state index in [2.05, 4.69) is 10.1 Å². The molecule has 1 aliphatic heterocycles. The zero-order valence-corrected chi connectivity index (χ0v) is 16.3. The molecule has 0 saturated heterocycles. The molecule has 1 aromatic heterocycles. The maximum atomic E-state index is 12.5. The van der Waals surface area contributed by atoms with Gasteiger partial charge in [-0.15, -0.1) is 12.4 Å². The number of pyridine rings is 1. The van der Waals surface area contributed by atoms with Crippen LogP contribution in [0.1, 0.15) is 39.4 Å². The van der Waals surface area contributed by atoms with Crippen LogP contribution in [0.3, 0.4) is 0 Å². The molecule has 0 amide bonds. The standard InChI is InChI=1S/C23H18N2O3.ClH/c26-15-20(22-13-21(25-28-22)19-7-4-12-24-14-19)16-8-10-18(11-9-16)23(27)17-5-2-1-3-6-17;/h1-12,14-15,20,22H,13H2;1H. The van der Waals surface area contributed by atoms with Crippen LogP contribution in [0, 0.1) is 0 Å². The van der Waals surface area contributed by atoms with Crippen molar-refractivity contribution < 1.29 is 14.4 Å². The van der Waals surface area contributed by atoms with Crippen molar-refractivity contribution in [2.24, 2.45) is 5.16 Å². The number of ketones is 1. The third-order valence-electron chi connectivity index (χ3n) is 4.83. The Morgan fingerprint density at radius 2 is 1.72 bits per heavy atom. The van der Waals surface area contributed by atoms with E-state index in [9.17, 15) is 9.59 Å². The average molecular weight is 407 g/mol. The van der Waals surface area contributed by atoms with Gasteiger partial charge in [0, 0.05) is 35.5 Å². The summed E-state index contributed by atoms with van der Waals surface area (Å²) in [5.41, 5.74) is 3.68. The summed E-state index contributed by atoms with van der Waals surface area (Å²) in [6.45, 7) is 0. The number of carbonyl (C=O) groups is 2. The van der Waals surface area contributed by atoms with E-state index in [4.69, 9.17) is 4.84 Å². The van der Waals surface area contributed by atoms with Gasteiger partial charge in [0.05, 0.1) is 11.6 Å². The lowest BCUT2D eigenvalue weighted by molar-refractivity contribution is -0.111. The van der Waals surface area contributed by atoms with Crippen molar-refractivity contribution >= 4 is 30.2 Å². The Labute approximate surface area is 174 Å². The fraction of sp³-hybridized carbons (Fsp3) is 0.130. The second-order valence-corrected chi connectivity index (χ2v) is 6.61. The fourth-order valence-electron chi connectivity index (χ4n) is 3.29. The molecular weight excluding hydrogens is 388 g/mol. The highest BCUT2D eigenvalue weighted by Crippen LogP contribution is 2.28. The SMILES string of the molecule is Cl.O=CC(c1ccc(C(=O)c2ccccc2)cc1)C1CC(c2cccnc2)=NO1. The van der Waals surface area contributed by atoms with Gasteiger partial charge in [0.15, 0.2) is 5.78 Å². The van der Waals surface area contributed by atoms with Gasteiger partial charge >= 0.3 is 0 Å². The molecule has 0 aliphatic carbocycles. The number of nitrogens with zero attached hydrogens (tertiary/aromatic N) is 2. The van der Waals surface area contributed by atoms with E-state index in [1.54, 1.807) is 48.8 Å². The van der Waals surface area contributed by atoms with E-state index < -0.39 is 5.92 Å². The molecule has 1 aliphatic rings. The van der Waals surface area contributed by atoms with Gasteiger partial charge in [-0.1, -0.05) is 59.8 Å². The molecule has 2 heterocycles. The minimum atomic E-state index is -0.459. The number of aromatic nitrogens is 1. The Kier molecular flexibility index (Phi) is 6.52. The van der Waals surface area contributed by atoms with Crippen LogP contribution in [-0.4, -0.2) is 28.9 Å². The van der Waals surface area contributed by atoms with Crippen LogP contribution in [0.5, 0.6) is 0 Å². The summed E-state index contributed by atoms with van der Waals surface area (Å²) in [4.78, 5) is 33.9. The molecule has 0 saturated carbocycles. The number of carbonyl (C=O) groups excluding carboxylic acids is 2. The minimum Gasteiger partial charge on any atom is -0.391 e. The van der Waals surface area contributed by atoms with Gasteiger partial charge in [0.1, 0.15) is 12.4 Å². The summed E-state index contributed by atoms with van der Waals surface area (Å²) in [5, 5.41) is 4.13. The third kappa shape index (κ3) is 4.41. The van der Waals surface area contributed by atoms with Crippen LogP contribution in [0.25, 0.3) is 0 Å². The third-order valence-corrected chi connectivity index (χ3v) is 4.83. The number of aldehydes is 1. The van der Waals surface area contributed by atoms with Crippen molar-refractivity contribution in [3.63, 3.8) is 0 Å². The molecule has 29 heavy (non-hydrogen) atoms. The van der Waals surface area contributed by atoms with Gasteiger partial charge < -0.3 is 9.63 Å². The lowest BCUT2D eigenvalue weighted by atomic mass is 9.90. The molecule has 0 N–H and O–H groups in total. The van der Waals surface area contributed by atoms with Crippen LogP contribution >= 0.6 is 12.4 Å². The first-order valence-corrected chi connectivity index (χ1v) is 9.04. The quantitative estimate of drug-likeness (QED) is 0.454. The summed E-state index contributed by atoms with van der Waals surface area (Å²) < 4.78 is 0. The van der Waals surface area contributed by atoms with Gasteiger partial charge in [0.25, 0.3) is 0 Å². The molecule has 4 rings (SSSR count).